The fraction of sp³-hybridized carbons (Fsp3) is 0.0769. The van der Waals surface area contributed by atoms with Crippen molar-refractivity contribution in [3.63, 3.8) is 0 Å². The van der Waals surface area contributed by atoms with Gasteiger partial charge in [0.15, 0.2) is 0 Å². The molecule has 0 unspecified atom stereocenters. The summed E-state index contributed by atoms with van der Waals surface area (Å²) in [6.07, 6.45) is -4.85. The normalized spacial score (nSPS) is 12.0. The largest absolute Gasteiger partial charge is 0.573 e. The highest BCUT2D eigenvalue weighted by atomic mass is 32.2. The zero-order chi connectivity index (χ0) is 16.4. The molecule has 0 radical (unpaired) electrons. The van der Waals surface area contributed by atoms with Crippen LogP contribution in [0.15, 0.2) is 53.4 Å². The maximum atomic E-state index is 12.0. The second kappa shape index (κ2) is 5.76. The quantitative estimate of drug-likeness (QED) is 0.687. The molecule has 0 spiro atoms. The van der Waals surface area contributed by atoms with Crippen molar-refractivity contribution in [3.8, 4) is 11.5 Å². The summed E-state index contributed by atoms with van der Waals surface area (Å²) in [5, 5.41) is 0. The highest BCUT2D eigenvalue weighted by molar-refractivity contribution is 7.87. The molecule has 0 aromatic heterocycles. The molecular formula is C13H10F3NO4S. The van der Waals surface area contributed by atoms with Crippen LogP contribution in [0.25, 0.3) is 0 Å². The molecule has 0 saturated heterocycles. The Kier molecular flexibility index (Phi) is 4.18. The van der Waals surface area contributed by atoms with Gasteiger partial charge in [-0.2, -0.15) is 8.42 Å². The minimum Gasteiger partial charge on any atom is -0.406 e. The summed E-state index contributed by atoms with van der Waals surface area (Å²) >= 11 is 0. The Morgan fingerprint density at radius 1 is 0.864 bits per heavy atom. The number of hydrogen-bond donors (Lipinski definition) is 1. The van der Waals surface area contributed by atoms with Crippen LogP contribution in [0.3, 0.4) is 0 Å². The van der Waals surface area contributed by atoms with Gasteiger partial charge < -0.3 is 14.7 Å². The smallest absolute Gasteiger partial charge is 0.406 e. The van der Waals surface area contributed by atoms with Gasteiger partial charge in [-0.25, -0.2) is 0 Å². The van der Waals surface area contributed by atoms with Crippen molar-refractivity contribution in [2.75, 3.05) is 5.73 Å². The number of anilines is 1. The van der Waals surface area contributed by atoms with Gasteiger partial charge in [0.05, 0.1) is 0 Å². The van der Waals surface area contributed by atoms with Crippen LogP contribution >= 0.6 is 0 Å². The second-order valence-corrected chi connectivity index (χ2v) is 5.67. The van der Waals surface area contributed by atoms with Gasteiger partial charge in [-0.1, -0.05) is 0 Å². The summed E-state index contributed by atoms with van der Waals surface area (Å²) in [4.78, 5) is -0.307. The van der Waals surface area contributed by atoms with E-state index in [0.717, 1.165) is 24.3 Å². The number of alkyl halides is 3. The molecular weight excluding hydrogens is 323 g/mol. The first-order chi connectivity index (χ1) is 10.2. The van der Waals surface area contributed by atoms with Crippen molar-refractivity contribution < 1.29 is 30.5 Å². The summed E-state index contributed by atoms with van der Waals surface area (Å²) in [6, 6.07) is 9.28. The van der Waals surface area contributed by atoms with E-state index in [-0.39, 0.29) is 10.6 Å². The summed E-state index contributed by atoms with van der Waals surface area (Å²) in [6.45, 7) is 0. The van der Waals surface area contributed by atoms with Crippen LogP contribution in [0.4, 0.5) is 18.9 Å². The van der Waals surface area contributed by atoms with Crippen LogP contribution in [-0.2, 0) is 10.1 Å². The van der Waals surface area contributed by atoms with E-state index in [4.69, 9.17) is 9.92 Å². The van der Waals surface area contributed by atoms with Gasteiger partial charge in [0.1, 0.15) is 16.4 Å². The molecule has 0 amide bonds. The number of hydrogen-bond acceptors (Lipinski definition) is 5. The molecule has 2 rings (SSSR count). The monoisotopic (exact) mass is 333 g/mol. The highest BCUT2D eigenvalue weighted by Crippen LogP contribution is 2.25. The van der Waals surface area contributed by atoms with E-state index in [1.54, 1.807) is 0 Å². The van der Waals surface area contributed by atoms with Crippen molar-refractivity contribution in [2.24, 2.45) is 0 Å². The van der Waals surface area contributed by atoms with E-state index in [2.05, 4.69) is 4.74 Å². The van der Waals surface area contributed by atoms with Crippen LogP contribution in [0, 0.1) is 0 Å². The van der Waals surface area contributed by atoms with Crippen molar-refractivity contribution in [2.45, 2.75) is 11.3 Å². The van der Waals surface area contributed by atoms with Gasteiger partial charge in [0, 0.05) is 5.69 Å². The Labute approximate surface area is 124 Å². The van der Waals surface area contributed by atoms with Crippen LogP contribution in [0.5, 0.6) is 11.5 Å². The number of benzene rings is 2. The fourth-order valence-corrected chi connectivity index (χ4v) is 2.44. The van der Waals surface area contributed by atoms with E-state index in [1.165, 1.54) is 24.3 Å². The maximum absolute atomic E-state index is 12.0. The van der Waals surface area contributed by atoms with Gasteiger partial charge in [0.2, 0.25) is 0 Å². The number of nitrogens with two attached hydrogens (primary N) is 1. The van der Waals surface area contributed by atoms with Gasteiger partial charge in [-0.15, -0.1) is 13.2 Å². The molecule has 2 aromatic rings. The predicted octanol–water partition coefficient (Wildman–Crippen LogP) is 2.94. The lowest BCUT2D eigenvalue weighted by molar-refractivity contribution is -0.274. The molecule has 5 nitrogen and oxygen atoms in total. The topological polar surface area (TPSA) is 78.6 Å². The van der Waals surface area contributed by atoms with Crippen molar-refractivity contribution in [1.82, 2.24) is 0 Å². The lowest BCUT2D eigenvalue weighted by atomic mass is 10.3. The highest BCUT2D eigenvalue weighted by Gasteiger charge is 2.31. The number of ether oxygens (including phenoxy) is 1. The molecule has 0 saturated carbocycles. The summed E-state index contributed by atoms with van der Waals surface area (Å²) in [5.41, 5.74) is 5.89. The molecule has 0 fully saturated rings. The zero-order valence-corrected chi connectivity index (χ0v) is 11.7. The minimum atomic E-state index is -4.85. The Bertz CT molecular complexity index is 740. The Hall–Kier alpha value is -2.42. The van der Waals surface area contributed by atoms with Gasteiger partial charge in [-0.05, 0) is 48.5 Å². The first-order valence-corrected chi connectivity index (χ1v) is 7.22. The van der Waals surface area contributed by atoms with Crippen molar-refractivity contribution >= 4 is 15.8 Å². The van der Waals surface area contributed by atoms with Crippen LogP contribution in [0.2, 0.25) is 0 Å². The van der Waals surface area contributed by atoms with Crippen molar-refractivity contribution in [3.05, 3.63) is 48.5 Å². The summed E-state index contributed by atoms with van der Waals surface area (Å²) < 4.78 is 68.5. The molecule has 0 aliphatic carbocycles. The van der Waals surface area contributed by atoms with Crippen molar-refractivity contribution in [1.29, 1.82) is 0 Å². The van der Waals surface area contributed by atoms with Gasteiger partial charge in [0.25, 0.3) is 0 Å². The second-order valence-electron chi connectivity index (χ2n) is 4.13. The molecule has 0 aliphatic rings. The first-order valence-electron chi connectivity index (χ1n) is 5.81. The molecule has 0 atom stereocenters. The molecule has 9 heteroatoms. The summed E-state index contributed by atoms with van der Waals surface area (Å²) in [5.74, 6) is -0.497. The number of halogens is 3. The molecule has 2 N–H and O–H groups in total. The third kappa shape index (κ3) is 4.29. The maximum Gasteiger partial charge on any atom is 0.573 e. The third-order valence-electron chi connectivity index (χ3n) is 2.43. The average Bonchev–Trinajstić information content (AvgIpc) is 2.40. The van der Waals surface area contributed by atoms with E-state index < -0.39 is 22.2 Å². The predicted molar refractivity (Wildman–Crippen MR) is 71.8 cm³/mol. The number of nitrogen functional groups attached to an aromatic ring is 1. The Morgan fingerprint density at radius 2 is 1.36 bits per heavy atom. The standard InChI is InChI=1S/C13H10F3NO4S/c14-13(15,16)20-10-5-7-12(8-6-10)22(18,19)21-11-3-1-9(17)2-4-11/h1-8H,17H2. The van der Waals surface area contributed by atoms with E-state index >= 15 is 0 Å². The van der Waals surface area contributed by atoms with E-state index in [1.807, 2.05) is 0 Å². The van der Waals surface area contributed by atoms with Crippen LogP contribution in [-0.4, -0.2) is 14.8 Å². The van der Waals surface area contributed by atoms with Crippen LogP contribution < -0.4 is 14.7 Å². The van der Waals surface area contributed by atoms with Gasteiger partial charge >= 0.3 is 16.5 Å². The molecule has 0 bridgehead atoms. The zero-order valence-electron chi connectivity index (χ0n) is 10.9. The van der Waals surface area contributed by atoms with Crippen LogP contribution in [0.1, 0.15) is 0 Å². The molecule has 0 heterocycles. The lowest BCUT2D eigenvalue weighted by Crippen LogP contribution is -2.17. The van der Waals surface area contributed by atoms with E-state index in [0.29, 0.717) is 5.69 Å². The SMILES string of the molecule is Nc1ccc(OS(=O)(=O)c2ccc(OC(F)(F)F)cc2)cc1. The average molecular weight is 333 g/mol. The molecule has 118 valence electrons. The number of rotatable bonds is 4. The minimum absolute atomic E-state index is 0.0322. The Balaban J connectivity index is 2.17. The van der Waals surface area contributed by atoms with Gasteiger partial charge in [-0.3, -0.25) is 0 Å². The Morgan fingerprint density at radius 3 is 1.86 bits per heavy atom. The summed E-state index contributed by atoms with van der Waals surface area (Å²) in [7, 11) is -4.16. The first kappa shape index (κ1) is 16.0. The molecule has 22 heavy (non-hydrogen) atoms. The fourth-order valence-electron chi connectivity index (χ4n) is 1.51. The molecule has 2 aromatic carbocycles. The third-order valence-corrected chi connectivity index (χ3v) is 3.69. The molecule has 0 aliphatic heterocycles. The lowest BCUT2D eigenvalue weighted by Gasteiger charge is -2.10. The van der Waals surface area contributed by atoms with E-state index in [9.17, 15) is 21.6 Å².